The monoisotopic (exact) mass is 481 g/mol. The van der Waals surface area contributed by atoms with Crippen molar-refractivity contribution in [1.82, 2.24) is 0 Å². The Morgan fingerprint density at radius 3 is 2.25 bits per heavy atom. The molecule has 0 aliphatic carbocycles. The van der Waals surface area contributed by atoms with Gasteiger partial charge in [0.05, 0.1) is 13.2 Å². The van der Waals surface area contributed by atoms with Gasteiger partial charge in [0.1, 0.15) is 12.6 Å². The Balaban J connectivity index is 4.57. The van der Waals surface area contributed by atoms with Crippen LogP contribution in [0.2, 0.25) is 0 Å². The molecule has 0 spiro atoms. The van der Waals surface area contributed by atoms with E-state index < -0.39 is 51.1 Å². The summed E-state index contributed by atoms with van der Waals surface area (Å²) in [5.41, 5.74) is 5.20. The lowest BCUT2D eigenvalue weighted by Gasteiger charge is -2.20. The van der Waals surface area contributed by atoms with Crippen molar-refractivity contribution >= 4 is 25.7 Å². The number of carboxylic acids is 1. The molecule has 0 aromatic rings. The van der Waals surface area contributed by atoms with E-state index in [1.54, 1.807) is 6.92 Å². The average Bonchev–Trinajstić information content (AvgIpc) is 2.73. The largest absolute Gasteiger partial charge is 0.480 e. The molecule has 32 heavy (non-hydrogen) atoms. The van der Waals surface area contributed by atoms with Crippen LogP contribution < -0.4 is 5.73 Å². The first-order chi connectivity index (χ1) is 15.1. The number of rotatable bonds is 20. The van der Waals surface area contributed by atoms with Crippen LogP contribution in [0.25, 0.3) is 0 Å². The van der Waals surface area contributed by atoms with Crippen LogP contribution in [0.5, 0.6) is 0 Å². The van der Waals surface area contributed by atoms with E-state index in [9.17, 15) is 23.8 Å². The molecule has 0 amide bonds. The zero-order chi connectivity index (χ0) is 24.4. The van der Waals surface area contributed by atoms with E-state index in [0.29, 0.717) is 12.8 Å². The van der Waals surface area contributed by atoms with Gasteiger partial charge in [0.15, 0.2) is 6.10 Å². The van der Waals surface area contributed by atoms with Gasteiger partial charge < -0.3 is 25.2 Å². The third kappa shape index (κ3) is 16.9. The number of ether oxygens (including phenoxy) is 2. The van der Waals surface area contributed by atoms with E-state index >= 15 is 0 Å². The van der Waals surface area contributed by atoms with E-state index in [0.717, 1.165) is 32.1 Å². The lowest BCUT2D eigenvalue weighted by molar-refractivity contribution is -0.161. The molecule has 12 heteroatoms. The molecule has 4 N–H and O–H groups in total. The Hall–Kier alpha value is -1.78. The van der Waals surface area contributed by atoms with Gasteiger partial charge in [0.25, 0.3) is 0 Å². The van der Waals surface area contributed by atoms with Crippen LogP contribution >= 0.6 is 7.82 Å². The number of phosphoric acid groups is 1. The summed E-state index contributed by atoms with van der Waals surface area (Å²) < 4.78 is 31.4. The number of carbonyl (C=O) groups excluding carboxylic acids is 2. The Morgan fingerprint density at radius 2 is 1.62 bits per heavy atom. The topological polar surface area (TPSA) is 172 Å². The van der Waals surface area contributed by atoms with E-state index in [1.807, 2.05) is 6.08 Å². The van der Waals surface area contributed by atoms with Gasteiger partial charge in [-0.05, 0) is 25.7 Å². The fraction of sp³-hybridized carbons (Fsp3) is 0.750. The summed E-state index contributed by atoms with van der Waals surface area (Å²) in [5, 5.41) is 8.68. The zero-order valence-electron chi connectivity index (χ0n) is 18.6. The van der Waals surface area contributed by atoms with Crippen LogP contribution in [0.4, 0.5) is 0 Å². The highest BCUT2D eigenvalue weighted by molar-refractivity contribution is 7.47. The Labute approximate surface area is 188 Å². The summed E-state index contributed by atoms with van der Waals surface area (Å²) >= 11 is 0. The van der Waals surface area contributed by atoms with Gasteiger partial charge in [0, 0.05) is 12.8 Å². The highest BCUT2D eigenvalue weighted by atomic mass is 31.2. The van der Waals surface area contributed by atoms with E-state index in [-0.39, 0.29) is 19.4 Å². The molecular formula is C20H36NO10P. The van der Waals surface area contributed by atoms with Gasteiger partial charge in [-0.3, -0.25) is 23.4 Å². The molecule has 0 aromatic heterocycles. The number of hydrogen-bond acceptors (Lipinski definition) is 9. The normalized spacial score (nSPS) is 14.7. The standard InChI is InChI=1S/C20H36NO10P/c1-3-5-6-7-8-9-10-12-19(23)31-16(13-28-18(22)11-4-2)14-29-32(26,27)30-15-17(21)20(24)25/h3,16-17H,1,4-15,21H2,2H3,(H,24,25)(H,26,27)/t16-,17-/m0/s1. The predicted octanol–water partition coefficient (Wildman–Crippen LogP) is 2.70. The van der Waals surface area contributed by atoms with Crippen LogP contribution in [0.15, 0.2) is 12.7 Å². The lowest BCUT2D eigenvalue weighted by atomic mass is 10.1. The fourth-order valence-corrected chi connectivity index (χ4v) is 3.15. The Morgan fingerprint density at radius 1 is 1.00 bits per heavy atom. The van der Waals surface area contributed by atoms with Crippen LogP contribution in [0.1, 0.15) is 64.7 Å². The second-order valence-corrected chi connectivity index (χ2v) is 8.60. The van der Waals surface area contributed by atoms with Crippen molar-refractivity contribution < 1.29 is 47.5 Å². The summed E-state index contributed by atoms with van der Waals surface area (Å²) in [5.74, 6) is -2.48. The number of nitrogens with two attached hydrogens (primary N) is 1. The molecule has 186 valence electrons. The molecule has 0 aliphatic heterocycles. The average molecular weight is 481 g/mol. The van der Waals surface area contributed by atoms with Crippen molar-refractivity contribution in [1.29, 1.82) is 0 Å². The molecule has 0 heterocycles. The number of carboxylic acid groups (broad SMARTS) is 1. The smallest absolute Gasteiger partial charge is 0.472 e. The molecular weight excluding hydrogens is 445 g/mol. The molecule has 0 aromatic carbocycles. The summed E-state index contributed by atoms with van der Waals surface area (Å²) in [6, 6.07) is -1.51. The summed E-state index contributed by atoms with van der Waals surface area (Å²) in [6.07, 6.45) is 7.11. The first-order valence-corrected chi connectivity index (χ1v) is 12.2. The van der Waals surface area contributed by atoms with E-state index in [1.165, 1.54) is 0 Å². The van der Waals surface area contributed by atoms with Gasteiger partial charge in [0.2, 0.25) is 0 Å². The van der Waals surface area contributed by atoms with Gasteiger partial charge in [-0.2, -0.15) is 0 Å². The number of phosphoric ester groups is 1. The number of aliphatic carboxylic acids is 1. The first kappa shape index (κ1) is 30.2. The maximum Gasteiger partial charge on any atom is 0.472 e. The molecule has 11 nitrogen and oxygen atoms in total. The molecule has 0 rings (SSSR count). The van der Waals surface area contributed by atoms with Crippen molar-refractivity contribution in [2.24, 2.45) is 5.73 Å². The summed E-state index contributed by atoms with van der Waals surface area (Å²) in [4.78, 5) is 44.0. The second-order valence-electron chi connectivity index (χ2n) is 7.14. The molecule has 0 radical (unpaired) electrons. The lowest BCUT2D eigenvalue weighted by Crippen LogP contribution is -2.34. The SMILES string of the molecule is C=CCCCCCCCC(=O)O[C@@H](COC(=O)CCC)COP(=O)(O)OC[C@H](N)C(=O)O. The Kier molecular flexibility index (Phi) is 16.8. The van der Waals surface area contributed by atoms with Crippen molar-refractivity contribution in [2.45, 2.75) is 76.9 Å². The maximum absolute atomic E-state index is 12.1. The minimum absolute atomic E-state index is 0.140. The van der Waals surface area contributed by atoms with Crippen molar-refractivity contribution in [3.63, 3.8) is 0 Å². The zero-order valence-corrected chi connectivity index (χ0v) is 19.5. The second kappa shape index (κ2) is 17.7. The minimum Gasteiger partial charge on any atom is -0.480 e. The number of unbranched alkanes of at least 4 members (excludes halogenated alkanes) is 5. The maximum atomic E-state index is 12.1. The van der Waals surface area contributed by atoms with Crippen molar-refractivity contribution in [3.8, 4) is 0 Å². The third-order valence-corrected chi connectivity index (χ3v) is 5.08. The van der Waals surface area contributed by atoms with Crippen LogP contribution in [-0.4, -0.2) is 59.9 Å². The van der Waals surface area contributed by atoms with Gasteiger partial charge >= 0.3 is 25.7 Å². The van der Waals surface area contributed by atoms with Gasteiger partial charge in [-0.25, -0.2) is 4.57 Å². The predicted molar refractivity (Wildman–Crippen MR) is 116 cm³/mol. The van der Waals surface area contributed by atoms with Crippen LogP contribution in [0, 0.1) is 0 Å². The quantitative estimate of drug-likeness (QED) is 0.101. The number of carbonyl (C=O) groups is 3. The molecule has 0 fully saturated rings. The minimum atomic E-state index is -4.67. The van der Waals surface area contributed by atoms with E-state index in [2.05, 4.69) is 11.1 Å². The summed E-state index contributed by atoms with van der Waals surface area (Å²) in [7, 11) is -4.67. The molecule has 0 saturated heterocycles. The molecule has 0 saturated carbocycles. The highest BCUT2D eigenvalue weighted by Gasteiger charge is 2.28. The van der Waals surface area contributed by atoms with Crippen molar-refractivity contribution in [2.75, 3.05) is 19.8 Å². The Bertz CT molecular complexity index is 628. The molecule has 1 unspecified atom stereocenters. The molecule has 0 aliphatic rings. The number of hydrogen-bond donors (Lipinski definition) is 3. The van der Waals surface area contributed by atoms with Gasteiger partial charge in [-0.15, -0.1) is 6.58 Å². The van der Waals surface area contributed by atoms with Crippen LogP contribution in [0.3, 0.4) is 0 Å². The van der Waals surface area contributed by atoms with Crippen molar-refractivity contribution in [3.05, 3.63) is 12.7 Å². The number of allylic oxidation sites excluding steroid dienone is 1. The third-order valence-electron chi connectivity index (χ3n) is 4.13. The fourth-order valence-electron chi connectivity index (χ4n) is 2.37. The summed E-state index contributed by atoms with van der Waals surface area (Å²) in [6.45, 7) is 3.74. The van der Waals surface area contributed by atoms with Crippen LogP contribution in [-0.2, 0) is 37.5 Å². The highest BCUT2D eigenvalue weighted by Crippen LogP contribution is 2.43. The van der Waals surface area contributed by atoms with E-state index in [4.69, 9.17) is 24.8 Å². The van der Waals surface area contributed by atoms with Gasteiger partial charge in [-0.1, -0.05) is 32.3 Å². The molecule has 3 atom stereocenters. The first-order valence-electron chi connectivity index (χ1n) is 10.7. The molecule has 0 bridgehead atoms. The number of esters is 2.